The Kier molecular flexibility index (Phi) is 20.9. The maximum atomic E-state index is 13.5. The zero-order valence-electron chi connectivity index (χ0n) is 33.2. The molecule has 17 nitrogen and oxygen atoms in total. The maximum Gasteiger partial charge on any atom is 0.429 e. The van der Waals surface area contributed by atoms with Gasteiger partial charge in [0.05, 0.1) is 0 Å². The van der Waals surface area contributed by atoms with Gasteiger partial charge in [0.25, 0.3) is 0 Å². The first-order chi connectivity index (χ1) is 25.7. The second kappa shape index (κ2) is 24.1. The zero-order valence-corrected chi connectivity index (χ0v) is 33.2. The van der Waals surface area contributed by atoms with E-state index in [2.05, 4.69) is 33.3 Å². The predicted octanol–water partition coefficient (Wildman–Crippen LogP) is 3.51. The van der Waals surface area contributed by atoms with Gasteiger partial charge in [-0.3, -0.25) is 29.4 Å². The van der Waals surface area contributed by atoms with Crippen molar-refractivity contribution in [3.05, 3.63) is 42.5 Å². The molecule has 0 aliphatic rings. The number of carbonyl (C=O) groups excluding carboxylic acids is 6. The van der Waals surface area contributed by atoms with Crippen molar-refractivity contribution in [2.75, 3.05) is 26.2 Å². The molecule has 6 N–H and O–H groups in total. The van der Waals surface area contributed by atoms with Crippen LogP contribution in [0.25, 0.3) is 0 Å². The number of aliphatic carboxylic acids is 1. The fourth-order valence-electron chi connectivity index (χ4n) is 4.88. The number of hydrogen-bond acceptors (Lipinski definition) is 10. The van der Waals surface area contributed by atoms with Gasteiger partial charge in [0.1, 0.15) is 42.2 Å². The number of unbranched alkanes of at least 4 members (excludes halogenated alkanes) is 3. The Morgan fingerprint density at radius 3 is 2.04 bits per heavy atom. The first-order valence-corrected chi connectivity index (χ1v) is 18.4. The molecule has 0 bridgehead atoms. The van der Waals surface area contributed by atoms with Crippen LogP contribution in [-0.4, -0.2) is 101 Å². The lowest BCUT2D eigenvalue weighted by atomic mass is 10.0. The fourth-order valence-corrected chi connectivity index (χ4v) is 4.88. The Morgan fingerprint density at radius 2 is 1.45 bits per heavy atom. The first-order valence-electron chi connectivity index (χ1n) is 18.4. The molecular formula is C38H60N6O11. The van der Waals surface area contributed by atoms with Gasteiger partial charge >= 0.3 is 18.2 Å². The minimum atomic E-state index is -1.34. The van der Waals surface area contributed by atoms with Crippen LogP contribution in [0.1, 0.15) is 99.0 Å². The first kappa shape index (κ1) is 47.7. The van der Waals surface area contributed by atoms with Crippen LogP contribution >= 0.6 is 0 Å². The van der Waals surface area contributed by atoms with Crippen molar-refractivity contribution in [3.63, 3.8) is 0 Å². The minimum absolute atomic E-state index is 0.0198. The van der Waals surface area contributed by atoms with Crippen molar-refractivity contribution in [2.24, 2.45) is 0 Å². The van der Waals surface area contributed by atoms with Crippen molar-refractivity contribution < 1.29 is 52.9 Å². The minimum Gasteiger partial charge on any atom is -0.488 e. The molecule has 0 heterocycles. The fraction of sp³-hybridized carbons (Fsp3) is 0.605. The molecule has 0 saturated heterocycles. The van der Waals surface area contributed by atoms with Crippen molar-refractivity contribution in [1.82, 2.24) is 31.7 Å². The van der Waals surface area contributed by atoms with Gasteiger partial charge < -0.3 is 40.6 Å². The Hall–Kier alpha value is -5.35. The summed E-state index contributed by atoms with van der Waals surface area (Å²) < 4.78 is 15.9. The number of alkyl carbamates (subject to hydrolysis) is 1. The van der Waals surface area contributed by atoms with E-state index in [1.54, 1.807) is 45.0 Å². The highest BCUT2D eigenvalue weighted by atomic mass is 16.6. The van der Waals surface area contributed by atoms with E-state index in [1.165, 1.54) is 13.0 Å². The molecule has 1 aromatic carbocycles. The molecule has 2 atom stereocenters. The van der Waals surface area contributed by atoms with Crippen molar-refractivity contribution >= 4 is 41.8 Å². The third kappa shape index (κ3) is 23.1. The number of ether oxygens (including phenoxy) is 3. The topological polar surface area (TPSA) is 231 Å². The Bertz CT molecular complexity index is 1440. The van der Waals surface area contributed by atoms with E-state index in [0.717, 1.165) is 5.56 Å². The van der Waals surface area contributed by atoms with Crippen molar-refractivity contribution in [1.29, 1.82) is 0 Å². The summed E-state index contributed by atoms with van der Waals surface area (Å²) in [5.74, 6) is -2.70. The number of carboxylic acids is 1. The van der Waals surface area contributed by atoms with Crippen LogP contribution in [0.3, 0.4) is 0 Å². The number of hydrazine groups is 1. The summed E-state index contributed by atoms with van der Waals surface area (Å²) >= 11 is 0. The summed E-state index contributed by atoms with van der Waals surface area (Å²) in [6.07, 6.45) is 2.44. The third-order valence-electron chi connectivity index (χ3n) is 7.18. The van der Waals surface area contributed by atoms with E-state index in [1.807, 2.05) is 20.8 Å². The number of nitrogens with zero attached hydrogens (tertiary/aromatic N) is 1. The van der Waals surface area contributed by atoms with Gasteiger partial charge in [-0.25, -0.2) is 14.6 Å². The SMILES string of the molecule is C=CCOC(=O)N(CC(=O)O)NC(=O)CCCCCNC(=O)[C@H](Cc1ccc(OC(C)(C)C)cc1)NC(=O)[C@H](CCCCNC(=O)OC(C)(C)C)NC(C)=O. The Labute approximate surface area is 323 Å². The van der Waals surface area contributed by atoms with E-state index in [4.69, 9.17) is 19.3 Å². The molecule has 6 amide bonds. The summed E-state index contributed by atoms with van der Waals surface area (Å²) in [6, 6.07) is 5.24. The van der Waals surface area contributed by atoms with Crippen LogP contribution in [0.5, 0.6) is 5.75 Å². The van der Waals surface area contributed by atoms with E-state index in [9.17, 15) is 33.6 Å². The van der Waals surface area contributed by atoms with Gasteiger partial charge in [0.2, 0.25) is 23.6 Å². The summed E-state index contributed by atoms with van der Waals surface area (Å²) in [6.45, 7) is 15.3. The summed E-state index contributed by atoms with van der Waals surface area (Å²) in [5, 5.41) is 20.6. The van der Waals surface area contributed by atoms with Gasteiger partial charge in [-0.2, -0.15) is 0 Å². The highest BCUT2D eigenvalue weighted by Crippen LogP contribution is 2.19. The predicted molar refractivity (Wildman–Crippen MR) is 204 cm³/mol. The summed E-state index contributed by atoms with van der Waals surface area (Å²) in [7, 11) is 0. The average Bonchev–Trinajstić information content (AvgIpc) is 3.06. The monoisotopic (exact) mass is 776 g/mol. The molecule has 0 unspecified atom stereocenters. The molecule has 0 saturated carbocycles. The smallest absolute Gasteiger partial charge is 0.429 e. The van der Waals surface area contributed by atoms with Crippen LogP contribution in [0, 0.1) is 0 Å². The lowest BCUT2D eigenvalue weighted by Crippen LogP contribution is -2.54. The number of nitrogens with one attached hydrogen (secondary N) is 5. The van der Waals surface area contributed by atoms with Crippen LogP contribution < -0.4 is 31.4 Å². The van der Waals surface area contributed by atoms with E-state index >= 15 is 0 Å². The molecule has 0 spiro atoms. The Balaban J connectivity index is 2.86. The number of amides is 6. The lowest BCUT2D eigenvalue weighted by molar-refractivity contribution is -0.139. The quantitative estimate of drug-likeness (QED) is 0.0567. The van der Waals surface area contributed by atoms with Crippen molar-refractivity contribution in [2.45, 2.75) is 123 Å². The van der Waals surface area contributed by atoms with Gasteiger partial charge in [0.15, 0.2) is 0 Å². The molecule has 55 heavy (non-hydrogen) atoms. The van der Waals surface area contributed by atoms with Crippen LogP contribution in [0.2, 0.25) is 0 Å². The maximum absolute atomic E-state index is 13.5. The molecule has 0 fully saturated rings. The van der Waals surface area contributed by atoms with Gasteiger partial charge in [-0.15, -0.1) is 0 Å². The highest BCUT2D eigenvalue weighted by molar-refractivity contribution is 5.92. The van der Waals surface area contributed by atoms with Gasteiger partial charge in [-0.1, -0.05) is 31.2 Å². The number of carboxylic acid groups (broad SMARTS) is 1. The molecule has 17 heteroatoms. The van der Waals surface area contributed by atoms with Crippen LogP contribution in [-0.2, 0) is 39.9 Å². The van der Waals surface area contributed by atoms with Gasteiger partial charge in [-0.05, 0) is 91.3 Å². The lowest BCUT2D eigenvalue weighted by Gasteiger charge is -2.24. The molecule has 0 aromatic heterocycles. The molecule has 0 aliphatic carbocycles. The Morgan fingerprint density at radius 1 is 0.818 bits per heavy atom. The molecule has 308 valence electrons. The number of benzene rings is 1. The third-order valence-corrected chi connectivity index (χ3v) is 7.18. The highest BCUT2D eigenvalue weighted by Gasteiger charge is 2.27. The van der Waals surface area contributed by atoms with Gasteiger partial charge in [0, 0.05) is 32.9 Å². The number of hydrogen-bond donors (Lipinski definition) is 6. The average molecular weight is 777 g/mol. The largest absolute Gasteiger partial charge is 0.488 e. The van der Waals surface area contributed by atoms with Crippen molar-refractivity contribution in [3.8, 4) is 5.75 Å². The summed E-state index contributed by atoms with van der Waals surface area (Å²) in [4.78, 5) is 86.4. The number of carbonyl (C=O) groups is 7. The second-order valence-corrected chi connectivity index (χ2v) is 14.8. The normalized spacial score (nSPS) is 12.2. The summed E-state index contributed by atoms with van der Waals surface area (Å²) in [5.41, 5.74) is 1.93. The molecule has 1 aromatic rings. The standard InChI is InChI=1S/C38H60N6O11/c1-9-23-53-36(52)44(25-32(47)48)43-31(46)16-11-10-13-21-39-33(49)30(24-27-17-19-28(20-18-27)54-37(3,4)5)42-34(50)29(41-26(2)45)15-12-14-22-40-35(51)55-38(6,7)8/h9,17-20,29-30H,1,10-16,21-25H2,2-8H3,(H,39,49)(H,40,51)(H,41,45)(H,42,50)(H,43,46)(H,47,48)/t29-,30-/m0/s1. The number of rotatable bonds is 22. The van der Waals surface area contributed by atoms with E-state index in [0.29, 0.717) is 49.4 Å². The van der Waals surface area contributed by atoms with E-state index < -0.39 is 71.6 Å². The van der Waals surface area contributed by atoms with E-state index in [-0.39, 0.29) is 32.4 Å². The van der Waals surface area contributed by atoms with Crippen LogP contribution in [0.4, 0.5) is 9.59 Å². The zero-order chi connectivity index (χ0) is 41.6. The molecular weight excluding hydrogens is 716 g/mol. The van der Waals surface area contributed by atoms with Crippen LogP contribution in [0.15, 0.2) is 36.9 Å². The molecule has 1 rings (SSSR count). The molecule has 0 aliphatic heterocycles. The second-order valence-electron chi connectivity index (χ2n) is 14.8. The molecule has 0 radical (unpaired) electrons.